The zero-order valence-electron chi connectivity index (χ0n) is 10.5. The second kappa shape index (κ2) is 5.68. The van der Waals surface area contributed by atoms with Gasteiger partial charge in [-0.25, -0.2) is 0 Å². The molecule has 2 aliphatic rings. The van der Waals surface area contributed by atoms with E-state index in [0.29, 0.717) is 12.0 Å². The Morgan fingerprint density at radius 1 is 0.938 bits per heavy atom. The van der Waals surface area contributed by atoms with Crippen LogP contribution >= 0.6 is 0 Å². The van der Waals surface area contributed by atoms with E-state index in [4.69, 9.17) is 0 Å². The van der Waals surface area contributed by atoms with Crippen molar-refractivity contribution >= 4 is 0 Å². The van der Waals surface area contributed by atoms with E-state index in [1.54, 1.807) is 0 Å². The summed E-state index contributed by atoms with van der Waals surface area (Å²) in [6, 6.07) is 3.83. The van der Waals surface area contributed by atoms with E-state index in [0.717, 1.165) is 12.5 Å². The molecule has 2 aliphatic carbocycles. The molecule has 2 saturated carbocycles. The van der Waals surface area contributed by atoms with Crippen LogP contribution < -0.4 is 0 Å². The minimum Gasteiger partial charge on any atom is -0.299 e. The molecule has 2 nitrogen and oxygen atoms in total. The highest BCUT2D eigenvalue weighted by atomic mass is 15.2. The van der Waals surface area contributed by atoms with E-state index in [1.165, 1.54) is 51.4 Å². The Labute approximate surface area is 99.6 Å². The molecule has 0 aliphatic heterocycles. The van der Waals surface area contributed by atoms with Gasteiger partial charge in [-0.3, -0.25) is 4.90 Å². The molecule has 0 radical (unpaired) electrons. The molecule has 0 aromatic heterocycles. The standard InChI is InChI=1S/C14H24N2/c1-16(13-8-3-2-4-9-13)14-10-6-5-7-12(14)11-15/h12-14H,2-10H2,1H3. The maximum absolute atomic E-state index is 9.23. The van der Waals surface area contributed by atoms with Crippen LogP contribution in [-0.4, -0.2) is 24.0 Å². The molecule has 0 saturated heterocycles. The fourth-order valence-corrected chi connectivity index (χ4v) is 3.51. The van der Waals surface area contributed by atoms with Gasteiger partial charge in [0.25, 0.3) is 0 Å². The van der Waals surface area contributed by atoms with Gasteiger partial charge in [-0.05, 0) is 32.7 Å². The predicted octanol–water partition coefficient (Wildman–Crippen LogP) is 3.33. The average Bonchev–Trinajstić information content (AvgIpc) is 2.39. The first-order chi connectivity index (χ1) is 7.83. The van der Waals surface area contributed by atoms with Gasteiger partial charge in [-0.2, -0.15) is 5.26 Å². The molecule has 0 heterocycles. The van der Waals surface area contributed by atoms with Crippen molar-refractivity contribution in [1.82, 2.24) is 4.90 Å². The molecule has 2 fully saturated rings. The summed E-state index contributed by atoms with van der Waals surface area (Å²) in [7, 11) is 2.26. The molecule has 90 valence electrons. The molecule has 0 N–H and O–H groups in total. The van der Waals surface area contributed by atoms with Crippen LogP contribution in [0.2, 0.25) is 0 Å². The monoisotopic (exact) mass is 220 g/mol. The first kappa shape index (κ1) is 11.9. The summed E-state index contributed by atoms with van der Waals surface area (Å²) < 4.78 is 0. The summed E-state index contributed by atoms with van der Waals surface area (Å²) in [5.41, 5.74) is 0. The van der Waals surface area contributed by atoms with Crippen molar-refractivity contribution in [2.24, 2.45) is 5.92 Å². The van der Waals surface area contributed by atoms with Gasteiger partial charge in [-0.15, -0.1) is 0 Å². The molecular weight excluding hydrogens is 196 g/mol. The van der Waals surface area contributed by atoms with Crippen LogP contribution in [0.25, 0.3) is 0 Å². The van der Waals surface area contributed by atoms with Crippen LogP contribution in [0, 0.1) is 17.2 Å². The lowest BCUT2D eigenvalue weighted by molar-refractivity contribution is 0.0889. The summed E-state index contributed by atoms with van der Waals surface area (Å²) >= 11 is 0. The lowest BCUT2D eigenvalue weighted by Gasteiger charge is -2.41. The van der Waals surface area contributed by atoms with Crippen molar-refractivity contribution in [2.75, 3.05) is 7.05 Å². The number of nitrogens with zero attached hydrogens (tertiary/aromatic N) is 2. The van der Waals surface area contributed by atoms with Crippen LogP contribution in [0.5, 0.6) is 0 Å². The maximum Gasteiger partial charge on any atom is 0.0672 e. The Bertz CT molecular complexity index is 250. The third kappa shape index (κ3) is 2.58. The van der Waals surface area contributed by atoms with Crippen LogP contribution in [0.1, 0.15) is 57.8 Å². The minimum atomic E-state index is 0.292. The van der Waals surface area contributed by atoms with E-state index in [-0.39, 0.29) is 0 Å². The van der Waals surface area contributed by atoms with Crippen molar-refractivity contribution in [3.63, 3.8) is 0 Å². The molecule has 16 heavy (non-hydrogen) atoms. The van der Waals surface area contributed by atoms with Gasteiger partial charge in [0.05, 0.1) is 12.0 Å². The first-order valence-electron chi connectivity index (χ1n) is 6.94. The van der Waals surface area contributed by atoms with E-state index < -0.39 is 0 Å². The van der Waals surface area contributed by atoms with Gasteiger partial charge in [0, 0.05) is 12.1 Å². The number of nitriles is 1. The van der Waals surface area contributed by atoms with Crippen molar-refractivity contribution in [2.45, 2.75) is 69.9 Å². The minimum absolute atomic E-state index is 0.292. The smallest absolute Gasteiger partial charge is 0.0672 e. The molecule has 0 bridgehead atoms. The fraction of sp³-hybridized carbons (Fsp3) is 0.929. The highest BCUT2D eigenvalue weighted by Crippen LogP contribution is 2.31. The molecule has 2 unspecified atom stereocenters. The Morgan fingerprint density at radius 2 is 1.56 bits per heavy atom. The van der Waals surface area contributed by atoms with E-state index in [2.05, 4.69) is 18.0 Å². The highest BCUT2D eigenvalue weighted by molar-refractivity contribution is 4.96. The number of hydrogen-bond acceptors (Lipinski definition) is 2. The van der Waals surface area contributed by atoms with E-state index in [9.17, 15) is 5.26 Å². The zero-order chi connectivity index (χ0) is 11.4. The van der Waals surface area contributed by atoms with Gasteiger partial charge in [-0.1, -0.05) is 32.1 Å². The summed E-state index contributed by atoms with van der Waals surface area (Å²) in [5.74, 6) is 0.292. The molecule has 0 amide bonds. The van der Waals surface area contributed by atoms with Crippen molar-refractivity contribution < 1.29 is 0 Å². The third-order valence-corrected chi connectivity index (χ3v) is 4.57. The van der Waals surface area contributed by atoms with Crippen LogP contribution in [0.3, 0.4) is 0 Å². The van der Waals surface area contributed by atoms with Gasteiger partial charge in [0.2, 0.25) is 0 Å². The normalized spacial score (nSPS) is 32.6. The summed E-state index contributed by atoms with van der Waals surface area (Å²) in [4.78, 5) is 2.55. The molecule has 2 rings (SSSR count). The van der Waals surface area contributed by atoms with Gasteiger partial charge < -0.3 is 0 Å². The predicted molar refractivity (Wildman–Crippen MR) is 66.0 cm³/mol. The molecule has 0 aromatic rings. The number of rotatable bonds is 2. The molecule has 2 heteroatoms. The first-order valence-corrected chi connectivity index (χ1v) is 6.94. The van der Waals surface area contributed by atoms with E-state index in [1.807, 2.05) is 0 Å². The van der Waals surface area contributed by atoms with Crippen LogP contribution in [0.4, 0.5) is 0 Å². The molecule has 2 atom stereocenters. The van der Waals surface area contributed by atoms with Gasteiger partial charge in [0.15, 0.2) is 0 Å². The third-order valence-electron chi connectivity index (χ3n) is 4.57. The van der Waals surface area contributed by atoms with Crippen molar-refractivity contribution in [1.29, 1.82) is 5.26 Å². The topological polar surface area (TPSA) is 27.0 Å². The second-order valence-electron chi connectivity index (χ2n) is 5.54. The summed E-state index contributed by atoms with van der Waals surface area (Å²) in [5, 5.41) is 9.23. The Balaban J connectivity index is 1.95. The average molecular weight is 220 g/mol. The Hall–Kier alpha value is -0.550. The van der Waals surface area contributed by atoms with E-state index >= 15 is 0 Å². The summed E-state index contributed by atoms with van der Waals surface area (Å²) in [6.07, 6.45) is 11.8. The molecule has 0 aromatic carbocycles. The highest BCUT2D eigenvalue weighted by Gasteiger charge is 2.32. The quantitative estimate of drug-likeness (QED) is 0.713. The van der Waals surface area contributed by atoms with Crippen LogP contribution in [-0.2, 0) is 0 Å². The zero-order valence-corrected chi connectivity index (χ0v) is 10.5. The lowest BCUT2D eigenvalue weighted by Crippen LogP contribution is -2.46. The SMILES string of the molecule is CN(C1CCCCC1)C1CCCCC1C#N. The van der Waals surface area contributed by atoms with Gasteiger partial charge in [0.1, 0.15) is 0 Å². The van der Waals surface area contributed by atoms with Gasteiger partial charge >= 0.3 is 0 Å². The molecule has 0 spiro atoms. The Kier molecular flexibility index (Phi) is 4.23. The Morgan fingerprint density at radius 3 is 2.25 bits per heavy atom. The summed E-state index contributed by atoms with van der Waals surface area (Å²) in [6.45, 7) is 0. The fourth-order valence-electron chi connectivity index (χ4n) is 3.51. The van der Waals surface area contributed by atoms with Crippen LogP contribution in [0.15, 0.2) is 0 Å². The number of hydrogen-bond donors (Lipinski definition) is 0. The maximum atomic E-state index is 9.23. The second-order valence-corrected chi connectivity index (χ2v) is 5.54. The largest absolute Gasteiger partial charge is 0.299 e. The molecular formula is C14H24N2. The van der Waals surface area contributed by atoms with Crippen molar-refractivity contribution in [3.05, 3.63) is 0 Å². The lowest BCUT2D eigenvalue weighted by atomic mass is 9.82. The van der Waals surface area contributed by atoms with Crippen molar-refractivity contribution in [3.8, 4) is 6.07 Å².